The molecule has 1 N–H and O–H groups in total. The molecule has 0 aromatic heterocycles. The Hall–Kier alpha value is -0.810. The van der Waals surface area contributed by atoms with E-state index < -0.39 is 5.97 Å². The van der Waals surface area contributed by atoms with Crippen molar-refractivity contribution < 1.29 is 9.90 Å². The van der Waals surface area contributed by atoms with E-state index in [1.54, 1.807) is 6.07 Å². The molecule has 1 aromatic carbocycles. The van der Waals surface area contributed by atoms with E-state index in [1.807, 2.05) is 24.1 Å². The van der Waals surface area contributed by atoms with E-state index in [0.29, 0.717) is 16.1 Å². The Bertz CT molecular complexity index is 531. The highest BCUT2D eigenvalue weighted by Gasteiger charge is 2.27. The molecule has 6 heteroatoms. The maximum absolute atomic E-state index is 10.8. The Morgan fingerprint density at radius 1 is 1.41 bits per heavy atom. The zero-order valence-corrected chi connectivity index (χ0v) is 14.4. The number of carbonyl (C=O) groups is 1. The van der Waals surface area contributed by atoms with Crippen LogP contribution in [0.4, 0.5) is 0 Å². The summed E-state index contributed by atoms with van der Waals surface area (Å²) in [5.41, 5.74) is 1.09. The zero-order valence-electron chi connectivity index (χ0n) is 12.9. The molecule has 1 aromatic rings. The third kappa shape index (κ3) is 4.35. The number of piperidine rings is 1. The summed E-state index contributed by atoms with van der Waals surface area (Å²) in [6.07, 6.45) is 1.94. The fourth-order valence-corrected chi connectivity index (χ4v) is 3.66. The third-order valence-corrected chi connectivity index (χ3v) is 5.03. The zero-order chi connectivity index (χ0) is 16.3. The van der Waals surface area contributed by atoms with E-state index in [9.17, 15) is 4.79 Å². The first-order chi connectivity index (χ1) is 10.4. The number of nitrogens with zero attached hydrogens (tertiary/aromatic N) is 2. The lowest BCUT2D eigenvalue weighted by atomic mass is 9.99. The van der Waals surface area contributed by atoms with E-state index in [0.717, 1.165) is 31.5 Å². The highest BCUT2D eigenvalue weighted by atomic mass is 35.5. The summed E-state index contributed by atoms with van der Waals surface area (Å²) in [5, 5.41) is 10.2. The van der Waals surface area contributed by atoms with Gasteiger partial charge in [-0.2, -0.15) is 0 Å². The van der Waals surface area contributed by atoms with E-state index in [1.165, 1.54) is 0 Å². The van der Waals surface area contributed by atoms with Gasteiger partial charge in [-0.1, -0.05) is 29.3 Å². The Labute approximate surface area is 141 Å². The maximum atomic E-state index is 10.8. The fourth-order valence-electron chi connectivity index (χ4n) is 3.09. The molecule has 1 atom stereocenters. The number of likely N-dealkylation sites (tertiary alicyclic amines) is 1. The van der Waals surface area contributed by atoms with E-state index in [4.69, 9.17) is 28.3 Å². The molecule has 1 saturated heterocycles. The molecule has 0 radical (unpaired) electrons. The van der Waals surface area contributed by atoms with Crippen molar-refractivity contribution in [3.63, 3.8) is 0 Å². The van der Waals surface area contributed by atoms with Gasteiger partial charge < -0.3 is 5.11 Å². The molecule has 122 valence electrons. The van der Waals surface area contributed by atoms with Crippen molar-refractivity contribution in [3.05, 3.63) is 33.8 Å². The summed E-state index contributed by atoms with van der Waals surface area (Å²) in [4.78, 5) is 15.1. The summed E-state index contributed by atoms with van der Waals surface area (Å²) >= 11 is 12.2. The van der Waals surface area contributed by atoms with Gasteiger partial charge >= 0.3 is 5.97 Å². The van der Waals surface area contributed by atoms with Crippen LogP contribution in [-0.2, 0) is 4.79 Å². The van der Waals surface area contributed by atoms with Crippen LogP contribution in [0.1, 0.15) is 31.4 Å². The second-order valence-corrected chi connectivity index (χ2v) is 6.76. The van der Waals surface area contributed by atoms with Crippen LogP contribution in [0.5, 0.6) is 0 Å². The highest BCUT2D eigenvalue weighted by Crippen LogP contribution is 2.31. The van der Waals surface area contributed by atoms with Gasteiger partial charge in [-0.05, 0) is 44.5 Å². The predicted molar refractivity (Wildman–Crippen MR) is 89.7 cm³/mol. The van der Waals surface area contributed by atoms with Gasteiger partial charge in [-0.15, -0.1) is 0 Å². The van der Waals surface area contributed by atoms with Gasteiger partial charge in [0.2, 0.25) is 0 Å². The molecule has 1 aliphatic rings. The second-order valence-electron chi connectivity index (χ2n) is 5.92. The van der Waals surface area contributed by atoms with Crippen LogP contribution in [0.3, 0.4) is 0 Å². The van der Waals surface area contributed by atoms with E-state index >= 15 is 0 Å². The van der Waals surface area contributed by atoms with Crippen LogP contribution < -0.4 is 0 Å². The summed E-state index contributed by atoms with van der Waals surface area (Å²) in [5.74, 6) is -0.772. The van der Waals surface area contributed by atoms with Crippen molar-refractivity contribution in [2.45, 2.75) is 31.8 Å². The normalized spacial score (nSPS) is 18.6. The van der Waals surface area contributed by atoms with E-state index in [-0.39, 0.29) is 12.6 Å². The molecule has 1 aliphatic heterocycles. The highest BCUT2D eigenvalue weighted by molar-refractivity contribution is 6.35. The molecule has 0 saturated carbocycles. The van der Waals surface area contributed by atoms with Crippen LogP contribution in [0.2, 0.25) is 10.0 Å². The van der Waals surface area contributed by atoms with Gasteiger partial charge in [0.15, 0.2) is 0 Å². The SMILES string of the molecule is CC(c1ccc(Cl)cc1Cl)N1CCC(N(C)CC(=O)O)CC1. The topological polar surface area (TPSA) is 43.8 Å². The lowest BCUT2D eigenvalue weighted by Gasteiger charge is -2.39. The lowest BCUT2D eigenvalue weighted by molar-refractivity contribution is -0.138. The number of carboxylic acids is 1. The average molecular weight is 345 g/mol. The molecule has 1 fully saturated rings. The van der Waals surface area contributed by atoms with E-state index in [2.05, 4.69) is 11.8 Å². The number of hydrogen-bond acceptors (Lipinski definition) is 3. The smallest absolute Gasteiger partial charge is 0.317 e. The largest absolute Gasteiger partial charge is 0.480 e. The standard InChI is InChI=1S/C16H22Cl2N2O2/c1-11(14-4-3-12(17)9-15(14)18)20-7-5-13(6-8-20)19(2)10-16(21)22/h3-4,9,11,13H,5-8,10H2,1-2H3,(H,21,22). The van der Waals surface area contributed by atoms with Gasteiger partial charge in [0, 0.05) is 35.2 Å². The number of carboxylic acid groups (broad SMARTS) is 1. The molecular formula is C16H22Cl2N2O2. The van der Waals surface area contributed by atoms with Crippen LogP contribution in [0.25, 0.3) is 0 Å². The van der Waals surface area contributed by atoms with Crippen molar-refractivity contribution in [2.24, 2.45) is 0 Å². The average Bonchev–Trinajstić information content (AvgIpc) is 2.46. The minimum Gasteiger partial charge on any atom is -0.480 e. The van der Waals surface area contributed by atoms with Crippen LogP contribution in [-0.4, -0.2) is 53.6 Å². The molecule has 0 spiro atoms. The first kappa shape index (κ1) is 17.5. The monoisotopic (exact) mass is 344 g/mol. The Kier molecular flexibility index (Phi) is 6.09. The molecule has 1 unspecified atom stereocenters. The molecule has 0 aliphatic carbocycles. The van der Waals surface area contributed by atoms with Crippen LogP contribution >= 0.6 is 23.2 Å². The molecule has 0 amide bonds. The van der Waals surface area contributed by atoms with Crippen LogP contribution in [0.15, 0.2) is 18.2 Å². The summed E-state index contributed by atoms with van der Waals surface area (Å²) in [6, 6.07) is 6.20. The number of likely N-dealkylation sites (N-methyl/N-ethyl adjacent to an activating group) is 1. The minimum absolute atomic E-state index is 0.100. The number of aliphatic carboxylic acids is 1. The lowest BCUT2D eigenvalue weighted by Crippen LogP contribution is -2.45. The van der Waals surface area contributed by atoms with Gasteiger partial charge in [0.05, 0.1) is 6.54 Å². The second kappa shape index (κ2) is 7.64. The van der Waals surface area contributed by atoms with Gasteiger partial charge in [-0.3, -0.25) is 14.6 Å². The maximum Gasteiger partial charge on any atom is 0.317 e. The van der Waals surface area contributed by atoms with Crippen molar-refractivity contribution in [3.8, 4) is 0 Å². The van der Waals surface area contributed by atoms with Crippen molar-refractivity contribution in [2.75, 3.05) is 26.7 Å². The first-order valence-corrected chi connectivity index (χ1v) is 8.25. The summed E-state index contributed by atoms with van der Waals surface area (Å²) in [6.45, 7) is 4.13. The van der Waals surface area contributed by atoms with Crippen molar-refractivity contribution in [1.82, 2.24) is 9.80 Å². The van der Waals surface area contributed by atoms with Crippen molar-refractivity contribution >= 4 is 29.2 Å². The van der Waals surface area contributed by atoms with Crippen LogP contribution in [0, 0.1) is 0 Å². The minimum atomic E-state index is -0.772. The fraction of sp³-hybridized carbons (Fsp3) is 0.562. The first-order valence-electron chi connectivity index (χ1n) is 7.49. The molecular weight excluding hydrogens is 323 g/mol. The van der Waals surface area contributed by atoms with Gasteiger partial charge in [-0.25, -0.2) is 0 Å². The van der Waals surface area contributed by atoms with Gasteiger partial charge in [0.1, 0.15) is 0 Å². The van der Waals surface area contributed by atoms with Gasteiger partial charge in [0.25, 0.3) is 0 Å². The molecule has 22 heavy (non-hydrogen) atoms. The number of benzene rings is 1. The third-order valence-electron chi connectivity index (χ3n) is 4.47. The quantitative estimate of drug-likeness (QED) is 0.887. The van der Waals surface area contributed by atoms with Crippen molar-refractivity contribution in [1.29, 1.82) is 0 Å². The molecule has 4 nitrogen and oxygen atoms in total. The molecule has 0 bridgehead atoms. The Balaban J connectivity index is 1.94. The summed E-state index contributed by atoms with van der Waals surface area (Å²) in [7, 11) is 1.88. The number of halogens is 2. The molecule has 1 heterocycles. The Morgan fingerprint density at radius 2 is 2.05 bits per heavy atom. The molecule has 2 rings (SSSR count). The number of hydrogen-bond donors (Lipinski definition) is 1. The predicted octanol–water partition coefficient (Wildman–Crippen LogP) is 3.54. The number of rotatable bonds is 5. The summed E-state index contributed by atoms with van der Waals surface area (Å²) < 4.78 is 0. The Morgan fingerprint density at radius 3 is 2.59 bits per heavy atom.